The molecule has 1 rings (SSSR count). The summed E-state index contributed by atoms with van der Waals surface area (Å²) in [6.45, 7) is 10.9. The zero-order valence-electron chi connectivity index (χ0n) is 11.2. The van der Waals surface area contributed by atoms with Gasteiger partial charge in [0.25, 0.3) is 0 Å². The van der Waals surface area contributed by atoms with E-state index >= 15 is 0 Å². The van der Waals surface area contributed by atoms with Crippen LogP contribution in [0.3, 0.4) is 0 Å². The second-order valence-electron chi connectivity index (χ2n) is 4.96. The number of likely N-dealkylation sites (N-methyl/N-ethyl adjacent to an activating group) is 1. The summed E-state index contributed by atoms with van der Waals surface area (Å²) >= 11 is 0. The topological polar surface area (TPSA) is 18.5 Å². The first-order valence-electron chi connectivity index (χ1n) is 6.94. The second kappa shape index (κ2) is 8.97. The molecule has 1 saturated heterocycles. The van der Waals surface area contributed by atoms with Crippen molar-refractivity contribution in [3.05, 3.63) is 0 Å². The van der Waals surface area contributed by atoms with Crippen LogP contribution in [0.15, 0.2) is 0 Å². The van der Waals surface area contributed by atoms with E-state index in [2.05, 4.69) is 29.1 Å². The molecule has 96 valence electrons. The Bertz CT molecular complexity index is 153. The van der Waals surface area contributed by atoms with E-state index in [1.165, 1.54) is 71.5 Å². The van der Waals surface area contributed by atoms with E-state index in [0.29, 0.717) is 0 Å². The van der Waals surface area contributed by atoms with Gasteiger partial charge in [0.1, 0.15) is 0 Å². The molecule has 0 radical (unpaired) electrons. The maximum absolute atomic E-state index is 3.53. The number of rotatable bonds is 8. The van der Waals surface area contributed by atoms with Crippen molar-refractivity contribution >= 4 is 0 Å². The predicted molar refractivity (Wildman–Crippen MR) is 70.9 cm³/mol. The normalized spacial score (nSPS) is 19.1. The molecular formula is C13H29N3. The summed E-state index contributed by atoms with van der Waals surface area (Å²) in [7, 11) is 2.21. The standard InChI is InChI=1S/C13H29N3/c1-3-4-5-7-14-8-6-9-16-12-10-15(2)11-13-16/h14H,3-13H2,1-2H3. The van der Waals surface area contributed by atoms with E-state index in [9.17, 15) is 0 Å². The number of piperazine rings is 1. The highest BCUT2D eigenvalue weighted by molar-refractivity contribution is 4.69. The molecule has 0 bridgehead atoms. The molecule has 1 aliphatic heterocycles. The summed E-state index contributed by atoms with van der Waals surface area (Å²) < 4.78 is 0. The van der Waals surface area contributed by atoms with E-state index < -0.39 is 0 Å². The zero-order chi connectivity index (χ0) is 11.6. The molecule has 3 heteroatoms. The summed E-state index contributed by atoms with van der Waals surface area (Å²) in [5.74, 6) is 0. The van der Waals surface area contributed by atoms with E-state index in [-0.39, 0.29) is 0 Å². The van der Waals surface area contributed by atoms with Gasteiger partial charge in [-0.2, -0.15) is 0 Å². The molecule has 0 amide bonds. The third-order valence-electron chi connectivity index (χ3n) is 3.38. The smallest absolute Gasteiger partial charge is 0.0110 e. The van der Waals surface area contributed by atoms with E-state index in [4.69, 9.17) is 0 Å². The molecular weight excluding hydrogens is 198 g/mol. The first kappa shape index (κ1) is 13.9. The molecule has 0 atom stereocenters. The number of hydrogen-bond acceptors (Lipinski definition) is 3. The first-order valence-corrected chi connectivity index (χ1v) is 6.94. The molecule has 0 aromatic heterocycles. The molecule has 1 heterocycles. The van der Waals surface area contributed by atoms with Crippen molar-refractivity contribution in [3.63, 3.8) is 0 Å². The van der Waals surface area contributed by atoms with Gasteiger partial charge in [-0.05, 0) is 39.5 Å². The highest BCUT2D eigenvalue weighted by Crippen LogP contribution is 1.99. The molecule has 1 aliphatic rings. The SMILES string of the molecule is CCCCCNCCCN1CCN(C)CC1. The van der Waals surface area contributed by atoms with Crippen LogP contribution in [0.4, 0.5) is 0 Å². The van der Waals surface area contributed by atoms with E-state index in [1.807, 2.05) is 0 Å². The largest absolute Gasteiger partial charge is 0.317 e. The fourth-order valence-electron chi connectivity index (χ4n) is 2.12. The first-order chi connectivity index (χ1) is 7.83. The summed E-state index contributed by atoms with van der Waals surface area (Å²) in [4.78, 5) is 5.01. The lowest BCUT2D eigenvalue weighted by atomic mass is 10.2. The number of nitrogens with one attached hydrogen (secondary N) is 1. The Balaban J connectivity index is 1.84. The van der Waals surface area contributed by atoms with Gasteiger partial charge in [-0.25, -0.2) is 0 Å². The van der Waals surface area contributed by atoms with Crippen LogP contribution in [0.1, 0.15) is 32.6 Å². The van der Waals surface area contributed by atoms with Crippen LogP contribution in [-0.4, -0.2) is 62.7 Å². The van der Waals surface area contributed by atoms with Crippen molar-refractivity contribution in [2.75, 3.05) is 52.9 Å². The molecule has 1 N–H and O–H groups in total. The van der Waals surface area contributed by atoms with E-state index in [1.54, 1.807) is 0 Å². The molecule has 16 heavy (non-hydrogen) atoms. The fraction of sp³-hybridized carbons (Fsp3) is 1.00. The number of unbranched alkanes of at least 4 members (excludes halogenated alkanes) is 2. The fourth-order valence-corrected chi connectivity index (χ4v) is 2.12. The van der Waals surface area contributed by atoms with Crippen molar-refractivity contribution in [1.82, 2.24) is 15.1 Å². The second-order valence-corrected chi connectivity index (χ2v) is 4.96. The Kier molecular flexibility index (Phi) is 7.81. The van der Waals surface area contributed by atoms with Crippen molar-refractivity contribution in [1.29, 1.82) is 0 Å². The van der Waals surface area contributed by atoms with Gasteiger partial charge in [0.15, 0.2) is 0 Å². The molecule has 0 aromatic rings. The molecule has 0 saturated carbocycles. The Labute approximate surface area is 101 Å². The van der Waals surface area contributed by atoms with E-state index in [0.717, 1.165) is 0 Å². The molecule has 0 aliphatic carbocycles. The van der Waals surface area contributed by atoms with Crippen LogP contribution in [0.5, 0.6) is 0 Å². The Hall–Kier alpha value is -0.120. The molecule has 0 spiro atoms. The van der Waals surface area contributed by atoms with Crippen LogP contribution < -0.4 is 5.32 Å². The van der Waals surface area contributed by atoms with Crippen LogP contribution in [0, 0.1) is 0 Å². The molecule has 0 aromatic carbocycles. The lowest BCUT2D eigenvalue weighted by Gasteiger charge is -2.32. The van der Waals surface area contributed by atoms with Gasteiger partial charge in [0.2, 0.25) is 0 Å². The minimum Gasteiger partial charge on any atom is -0.317 e. The van der Waals surface area contributed by atoms with Crippen LogP contribution in [0.25, 0.3) is 0 Å². The van der Waals surface area contributed by atoms with Crippen LogP contribution in [0.2, 0.25) is 0 Å². The summed E-state index contributed by atoms with van der Waals surface area (Å²) in [6, 6.07) is 0. The predicted octanol–water partition coefficient (Wildman–Crippen LogP) is 1.40. The molecule has 3 nitrogen and oxygen atoms in total. The summed E-state index contributed by atoms with van der Waals surface area (Å²) in [5, 5.41) is 3.53. The third-order valence-corrected chi connectivity index (χ3v) is 3.38. The third kappa shape index (κ3) is 6.46. The van der Waals surface area contributed by atoms with Gasteiger partial charge in [-0.1, -0.05) is 19.8 Å². The highest BCUT2D eigenvalue weighted by Gasteiger charge is 2.12. The van der Waals surface area contributed by atoms with Gasteiger partial charge >= 0.3 is 0 Å². The summed E-state index contributed by atoms with van der Waals surface area (Å²) in [5.41, 5.74) is 0. The Morgan fingerprint density at radius 3 is 2.31 bits per heavy atom. The lowest BCUT2D eigenvalue weighted by Crippen LogP contribution is -2.45. The lowest BCUT2D eigenvalue weighted by molar-refractivity contribution is 0.153. The zero-order valence-corrected chi connectivity index (χ0v) is 11.2. The van der Waals surface area contributed by atoms with Crippen molar-refractivity contribution in [2.45, 2.75) is 32.6 Å². The average Bonchev–Trinajstić information content (AvgIpc) is 2.30. The van der Waals surface area contributed by atoms with Gasteiger partial charge in [-0.3, -0.25) is 0 Å². The summed E-state index contributed by atoms with van der Waals surface area (Å²) in [6.07, 6.45) is 5.33. The van der Waals surface area contributed by atoms with Crippen molar-refractivity contribution in [3.8, 4) is 0 Å². The molecule has 0 unspecified atom stereocenters. The van der Waals surface area contributed by atoms with Gasteiger partial charge < -0.3 is 15.1 Å². The Morgan fingerprint density at radius 1 is 0.938 bits per heavy atom. The van der Waals surface area contributed by atoms with Crippen LogP contribution in [-0.2, 0) is 0 Å². The number of nitrogens with zero attached hydrogens (tertiary/aromatic N) is 2. The van der Waals surface area contributed by atoms with Crippen molar-refractivity contribution in [2.24, 2.45) is 0 Å². The maximum atomic E-state index is 3.53. The quantitative estimate of drug-likeness (QED) is 0.633. The number of hydrogen-bond donors (Lipinski definition) is 1. The van der Waals surface area contributed by atoms with Gasteiger partial charge in [0.05, 0.1) is 0 Å². The van der Waals surface area contributed by atoms with Gasteiger partial charge in [-0.15, -0.1) is 0 Å². The Morgan fingerprint density at radius 2 is 1.62 bits per heavy atom. The van der Waals surface area contributed by atoms with Crippen LogP contribution >= 0.6 is 0 Å². The van der Waals surface area contributed by atoms with Gasteiger partial charge in [0, 0.05) is 26.2 Å². The average molecular weight is 227 g/mol. The monoisotopic (exact) mass is 227 g/mol. The highest BCUT2D eigenvalue weighted by atomic mass is 15.2. The van der Waals surface area contributed by atoms with Crippen molar-refractivity contribution < 1.29 is 0 Å². The molecule has 1 fully saturated rings. The minimum absolute atomic E-state index is 1.19. The minimum atomic E-state index is 1.19. The maximum Gasteiger partial charge on any atom is 0.0110 e.